The monoisotopic (exact) mass is 258 g/mol. The van der Waals surface area contributed by atoms with Crippen LogP contribution in [0.25, 0.3) is 0 Å². The van der Waals surface area contributed by atoms with Crippen molar-refractivity contribution in [1.29, 1.82) is 0 Å². The molecule has 1 aliphatic rings. The minimum absolute atomic E-state index is 0.0542. The number of nitrogens with one attached hydrogen (secondary N) is 1. The second-order valence-corrected chi connectivity index (χ2v) is 5.74. The molecule has 0 saturated carbocycles. The summed E-state index contributed by atoms with van der Waals surface area (Å²) in [5, 5.41) is 13.7. The van der Waals surface area contributed by atoms with E-state index in [0.717, 1.165) is 12.0 Å². The van der Waals surface area contributed by atoms with Gasteiger partial charge in [-0.2, -0.15) is 0 Å². The topological polar surface area (TPSA) is 35.5 Å². The molecule has 0 aromatic heterocycles. The lowest BCUT2D eigenvalue weighted by atomic mass is 10.0. The van der Waals surface area contributed by atoms with Gasteiger partial charge in [-0.3, -0.25) is 10.2 Å². The summed E-state index contributed by atoms with van der Waals surface area (Å²) in [6, 6.07) is 8.36. The van der Waals surface area contributed by atoms with Crippen molar-refractivity contribution in [3.8, 4) is 12.3 Å². The minimum Gasteiger partial charge on any atom is -0.377 e. The molecule has 1 saturated heterocycles. The molecule has 0 bridgehead atoms. The van der Waals surface area contributed by atoms with Gasteiger partial charge >= 0.3 is 0 Å². The van der Waals surface area contributed by atoms with Gasteiger partial charge in [0.15, 0.2) is 0 Å². The summed E-state index contributed by atoms with van der Waals surface area (Å²) in [7, 11) is 1.94. The molecule has 2 N–H and O–H groups in total. The van der Waals surface area contributed by atoms with Gasteiger partial charge in [0.25, 0.3) is 0 Å². The van der Waals surface area contributed by atoms with Gasteiger partial charge in [-0.15, -0.1) is 12.3 Å². The summed E-state index contributed by atoms with van der Waals surface area (Å²) in [4.78, 5) is 1.96. The zero-order valence-corrected chi connectivity index (χ0v) is 11.9. The number of hydrogen-bond donors (Lipinski definition) is 2. The largest absolute Gasteiger partial charge is 0.377 e. The number of likely N-dealkylation sites (N-methyl/N-ethyl adjacent to an activating group) is 1. The standard InChI is InChI=1S/C16H22N2O/c1-5-6-12-7-9-13(10-8-12)11-14-15(19)18(4)16(2,3)17-14/h1,7-10,14-15,17,19H,6,11H2,2-4H3/t14-,15-/m0/s1. The first-order valence-electron chi connectivity index (χ1n) is 6.64. The second kappa shape index (κ2) is 5.34. The summed E-state index contributed by atoms with van der Waals surface area (Å²) < 4.78 is 0. The summed E-state index contributed by atoms with van der Waals surface area (Å²) in [5.74, 6) is 2.64. The van der Waals surface area contributed by atoms with E-state index in [1.54, 1.807) is 0 Å². The first-order valence-corrected chi connectivity index (χ1v) is 6.64. The molecule has 19 heavy (non-hydrogen) atoms. The highest BCUT2D eigenvalue weighted by Gasteiger charge is 2.42. The molecule has 1 fully saturated rings. The average Bonchev–Trinajstić information content (AvgIpc) is 2.56. The van der Waals surface area contributed by atoms with Crippen molar-refractivity contribution in [1.82, 2.24) is 10.2 Å². The van der Waals surface area contributed by atoms with Gasteiger partial charge in [0.1, 0.15) is 6.23 Å². The Kier molecular flexibility index (Phi) is 3.96. The van der Waals surface area contributed by atoms with Crippen LogP contribution in [0.15, 0.2) is 24.3 Å². The Balaban J connectivity index is 2.04. The first kappa shape index (κ1) is 14.1. The van der Waals surface area contributed by atoms with Crippen LogP contribution in [0.5, 0.6) is 0 Å². The van der Waals surface area contributed by atoms with Crippen molar-refractivity contribution < 1.29 is 5.11 Å². The van der Waals surface area contributed by atoms with E-state index < -0.39 is 6.23 Å². The molecule has 3 heteroatoms. The number of terminal acetylenes is 1. The van der Waals surface area contributed by atoms with Gasteiger partial charge in [0.2, 0.25) is 0 Å². The molecule has 3 nitrogen and oxygen atoms in total. The maximum atomic E-state index is 10.2. The van der Waals surface area contributed by atoms with Gasteiger partial charge in [-0.25, -0.2) is 0 Å². The lowest BCUT2D eigenvalue weighted by molar-refractivity contribution is 0.00596. The molecular weight excluding hydrogens is 236 g/mol. The van der Waals surface area contributed by atoms with E-state index >= 15 is 0 Å². The summed E-state index contributed by atoms with van der Waals surface area (Å²) in [6.07, 6.45) is 6.32. The zero-order valence-electron chi connectivity index (χ0n) is 11.9. The fraction of sp³-hybridized carbons (Fsp3) is 0.500. The van der Waals surface area contributed by atoms with Crippen molar-refractivity contribution in [3.05, 3.63) is 35.4 Å². The lowest BCUT2D eigenvalue weighted by Crippen LogP contribution is -2.45. The summed E-state index contributed by atoms with van der Waals surface area (Å²) in [6.45, 7) is 4.15. The predicted molar refractivity (Wildman–Crippen MR) is 77.5 cm³/mol. The molecule has 0 aliphatic carbocycles. The van der Waals surface area contributed by atoms with Crippen LogP contribution in [0.3, 0.4) is 0 Å². The van der Waals surface area contributed by atoms with E-state index in [4.69, 9.17) is 6.42 Å². The van der Waals surface area contributed by atoms with E-state index in [2.05, 4.69) is 49.4 Å². The third kappa shape index (κ3) is 2.98. The highest BCUT2D eigenvalue weighted by atomic mass is 16.3. The summed E-state index contributed by atoms with van der Waals surface area (Å²) in [5.41, 5.74) is 2.19. The number of benzene rings is 1. The number of rotatable bonds is 3. The number of aliphatic hydroxyl groups excluding tert-OH is 1. The van der Waals surface area contributed by atoms with Gasteiger partial charge in [0.05, 0.1) is 11.7 Å². The average molecular weight is 258 g/mol. The van der Waals surface area contributed by atoms with E-state index in [1.807, 2.05) is 11.9 Å². The molecule has 2 atom stereocenters. The Bertz CT molecular complexity index is 473. The van der Waals surface area contributed by atoms with Crippen molar-refractivity contribution in [3.63, 3.8) is 0 Å². The van der Waals surface area contributed by atoms with E-state index in [1.165, 1.54) is 5.56 Å². The highest BCUT2D eigenvalue weighted by Crippen LogP contribution is 2.24. The molecule has 1 heterocycles. The lowest BCUT2D eigenvalue weighted by Gasteiger charge is -2.28. The fourth-order valence-electron chi connectivity index (χ4n) is 2.55. The van der Waals surface area contributed by atoms with Crippen LogP contribution < -0.4 is 5.32 Å². The zero-order chi connectivity index (χ0) is 14.0. The Hall–Kier alpha value is -1.34. The Morgan fingerprint density at radius 1 is 1.32 bits per heavy atom. The van der Waals surface area contributed by atoms with Crippen molar-refractivity contribution in [2.75, 3.05) is 7.05 Å². The maximum absolute atomic E-state index is 10.2. The Morgan fingerprint density at radius 2 is 1.89 bits per heavy atom. The van der Waals surface area contributed by atoms with Crippen LogP contribution in [-0.4, -0.2) is 35.0 Å². The molecule has 1 aliphatic heterocycles. The molecule has 0 radical (unpaired) electrons. The van der Waals surface area contributed by atoms with Crippen LogP contribution in [0.4, 0.5) is 0 Å². The normalized spacial score (nSPS) is 26.3. The molecular formula is C16H22N2O. The van der Waals surface area contributed by atoms with Gasteiger partial charge < -0.3 is 5.11 Å². The second-order valence-electron chi connectivity index (χ2n) is 5.74. The number of nitrogens with zero attached hydrogens (tertiary/aromatic N) is 1. The molecule has 2 rings (SSSR count). The molecule has 0 amide bonds. The van der Waals surface area contributed by atoms with Crippen LogP contribution in [0.2, 0.25) is 0 Å². The Labute approximate surface area is 115 Å². The molecule has 0 unspecified atom stereocenters. The van der Waals surface area contributed by atoms with Crippen molar-refractivity contribution in [2.45, 2.75) is 44.6 Å². The smallest absolute Gasteiger partial charge is 0.124 e. The Morgan fingerprint density at radius 3 is 2.37 bits per heavy atom. The molecule has 1 aromatic rings. The van der Waals surface area contributed by atoms with E-state index in [-0.39, 0.29) is 11.7 Å². The van der Waals surface area contributed by atoms with Crippen LogP contribution in [0, 0.1) is 12.3 Å². The SMILES string of the molecule is C#CCc1ccc(C[C@@H]2NC(C)(C)N(C)[C@H]2O)cc1. The van der Waals surface area contributed by atoms with Gasteiger partial charge in [0, 0.05) is 6.42 Å². The van der Waals surface area contributed by atoms with Gasteiger partial charge in [-0.1, -0.05) is 24.3 Å². The quantitative estimate of drug-likeness (QED) is 0.804. The van der Waals surface area contributed by atoms with Crippen LogP contribution in [-0.2, 0) is 12.8 Å². The minimum atomic E-state index is -0.458. The van der Waals surface area contributed by atoms with Crippen molar-refractivity contribution in [2.24, 2.45) is 0 Å². The van der Waals surface area contributed by atoms with E-state index in [0.29, 0.717) is 6.42 Å². The van der Waals surface area contributed by atoms with Crippen molar-refractivity contribution >= 4 is 0 Å². The first-order chi connectivity index (χ1) is 8.94. The van der Waals surface area contributed by atoms with Gasteiger partial charge in [-0.05, 0) is 38.4 Å². The predicted octanol–water partition coefficient (Wildman–Crippen LogP) is 1.36. The summed E-state index contributed by atoms with van der Waals surface area (Å²) >= 11 is 0. The maximum Gasteiger partial charge on any atom is 0.124 e. The highest BCUT2D eigenvalue weighted by molar-refractivity contribution is 5.26. The molecule has 0 spiro atoms. The number of hydrogen-bond acceptors (Lipinski definition) is 3. The fourth-order valence-corrected chi connectivity index (χ4v) is 2.55. The molecule has 1 aromatic carbocycles. The third-order valence-corrected chi connectivity index (χ3v) is 3.96. The number of aliphatic hydroxyl groups is 1. The van der Waals surface area contributed by atoms with E-state index in [9.17, 15) is 5.11 Å². The van der Waals surface area contributed by atoms with Crippen LogP contribution >= 0.6 is 0 Å². The molecule has 102 valence electrons. The third-order valence-electron chi connectivity index (χ3n) is 3.96. The van der Waals surface area contributed by atoms with Crippen LogP contribution in [0.1, 0.15) is 25.0 Å².